The highest BCUT2D eigenvalue weighted by Gasteiger charge is 2.53. The first kappa shape index (κ1) is 15.6. The number of Topliss-reactive ketones (excluding diaryl/α,β-unsaturated/α-hetero) is 2. The lowest BCUT2D eigenvalue weighted by Crippen LogP contribution is -2.42. The number of fused-ring (bicyclic) bond motifs is 1. The second-order valence-corrected chi connectivity index (χ2v) is 7.72. The van der Waals surface area contributed by atoms with E-state index in [0.29, 0.717) is 36.7 Å². The van der Waals surface area contributed by atoms with Crippen molar-refractivity contribution in [2.24, 2.45) is 23.2 Å². The molecule has 0 aromatic heterocycles. The van der Waals surface area contributed by atoms with Crippen molar-refractivity contribution in [3.8, 4) is 0 Å². The van der Waals surface area contributed by atoms with Gasteiger partial charge in [0.1, 0.15) is 11.6 Å². The van der Waals surface area contributed by atoms with Crippen LogP contribution in [0.3, 0.4) is 0 Å². The van der Waals surface area contributed by atoms with Crippen molar-refractivity contribution >= 4 is 17.3 Å². The summed E-state index contributed by atoms with van der Waals surface area (Å²) in [6.07, 6.45) is 7.85. The van der Waals surface area contributed by atoms with Crippen molar-refractivity contribution in [1.82, 2.24) is 0 Å². The molecule has 0 radical (unpaired) electrons. The van der Waals surface area contributed by atoms with E-state index in [0.717, 1.165) is 32.1 Å². The van der Waals surface area contributed by atoms with Crippen LogP contribution in [0, 0.1) is 23.2 Å². The average Bonchev–Trinajstić information content (AvgIpc) is 2.78. The van der Waals surface area contributed by atoms with E-state index in [1.807, 2.05) is 0 Å². The minimum Gasteiger partial charge on any atom is -0.299 e. The summed E-state index contributed by atoms with van der Waals surface area (Å²) in [5, 5.41) is 0. The van der Waals surface area contributed by atoms with Crippen molar-refractivity contribution in [2.45, 2.75) is 65.2 Å². The average molecular weight is 302 g/mol. The summed E-state index contributed by atoms with van der Waals surface area (Å²) in [6, 6.07) is 0. The number of carbonyl (C=O) groups is 3. The predicted molar refractivity (Wildman–Crippen MR) is 84.3 cm³/mol. The minimum atomic E-state index is -0.263. The van der Waals surface area contributed by atoms with Gasteiger partial charge in [0.25, 0.3) is 0 Å². The lowest BCUT2D eigenvalue weighted by Gasteiger charge is -2.40. The molecule has 2 fully saturated rings. The van der Waals surface area contributed by atoms with Crippen LogP contribution in [0.15, 0.2) is 11.6 Å². The molecule has 120 valence electrons. The molecule has 0 amide bonds. The van der Waals surface area contributed by atoms with Crippen molar-refractivity contribution in [3.05, 3.63) is 11.6 Å². The first-order chi connectivity index (χ1) is 10.4. The molecule has 3 aliphatic rings. The van der Waals surface area contributed by atoms with Gasteiger partial charge in [0.2, 0.25) is 0 Å². The third kappa shape index (κ3) is 2.59. The Hall–Kier alpha value is -1.25. The van der Waals surface area contributed by atoms with Crippen molar-refractivity contribution in [2.75, 3.05) is 0 Å². The Morgan fingerprint density at radius 2 is 1.91 bits per heavy atom. The fourth-order valence-corrected chi connectivity index (χ4v) is 4.83. The van der Waals surface area contributed by atoms with Crippen molar-refractivity contribution in [3.63, 3.8) is 0 Å². The number of ketones is 3. The monoisotopic (exact) mass is 302 g/mol. The molecule has 3 heteroatoms. The van der Waals surface area contributed by atoms with Crippen LogP contribution in [-0.4, -0.2) is 17.3 Å². The van der Waals surface area contributed by atoms with Crippen LogP contribution < -0.4 is 0 Å². The van der Waals surface area contributed by atoms with Gasteiger partial charge in [-0.3, -0.25) is 14.4 Å². The number of hydrogen-bond donors (Lipinski definition) is 0. The smallest absolute Gasteiger partial charge is 0.155 e. The van der Waals surface area contributed by atoms with Gasteiger partial charge < -0.3 is 0 Å². The largest absolute Gasteiger partial charge is 0.299 e. The number of hydrogen-bond acceptors (Lipinski definition) is 3. The second-order valence-electron chi connectivity index (χ2n) is 7.72. The van der Waals surface area contributed by atoms with Gasteiger partial charge in [-0.1, -0.05) is 19.4 Å². The van der Waals surface area contributed by atoms with E-state index >= 15 is 0 Å². The lowest BCUT2D eigenvalue weighted by molar-refractivity contribution is -0.136. The quantitative estimate of drug-likeness (QED) is 0.799. The summed E-state index contributed by atoms with van der Waals surface area (Å²) in [6.45, 7) is 4.24. The van der Waals surface area contributed by atoms with Gasteiger partial charge in [0, 0.05) is 30.6 Å². The topological polar surface area (TPSA) is 51.2 Å². The van der Waals surface area contributed by atoms with E-state index in [9.17, 15) is 14.4 Å². The third-order valence-electron chi connectivity index (χ3n) is 6.47. The standard InChI is InChI=1S/C19H26O3/c1-12-3-5-14(20)11-13(12)4-6-15-16-7-8-18(22)19(16,2)10-9-17(15)21/h11-12,15-16H,3-10H2,1-2H3/t12-,15?,16-,19-/m0/s1. The van der Waals surface area contributed by atoms with Crippen molar-refractivity contribution in [1.29, 1.82) is 0 Å². The molecule has 0 saturated heterocycles. The Kier molecular flexibility index (Phi) is 4.09. The number of rotatable bonds is 3. The summed E-state index contributed by atoms with van der Waals surface area (Å²) in [5.41, 5.74) is 0.946. The molecule has 2 saturated carbocycles. The minimum absolute atomic E-state index is 0.0235. The Balaban J connectivity index is 1.72. The van der Waals surface area contributed by atoms with Crippen LogP contribution >= 0.6 is 0 Å². The van der Waals surface area contributed by atoms with Crippen molar-refractivity contribution < 1.29 is 14.4 Å². The molecule has 4 atom stereocenters. The molecule has 0 spiro atoms. The van der Waals surface area contributed by atoms with Crippen LogP contribution in [0.1, 0.15) is 65.2 Å². The lowest BCUT2D eigenvalue weighted by atomic mass is 9.62. The normalized spacial score (nSPS) is 38.9. The van der Waals surface area contributed by atoms with Gasteiger partial charge in [0.15, 0.2) is 5.78 Å². The number of allylic oxidation sites excluding steroid dienone is 2. The molecule has 3 rings (SSSR count). The molecule has 0 heterocycles. The van der Waals surface area contributed by atoms with Gasteiger partial charge in [-0.2, -0.15) is 0 Å². The molecule has 0 N–H and O–H groups in total. The fourth-order valence-electron chi connectivity index (χ4n) is 4.83. The molecular weight excluding hydrogens is 276 g/mol. The molecule has 1 unspecified atom stereocenters. The van der Waals surface area contributed by atoms with E-state index < -0.39 is 0 Å². The summed E-state index contributed by atoms with van der Waals surface area (Å²) in [7, 11) is 0. The van der Waals surface area contributed by atoms with E-state index in [4.69, 9.17) is 0 Å². The van der Waals surface area contributed by atoms with E-state index in [2.05, 4.69) is 13.8 Å². The molecule has 22 heavy (non-hydrogen) atoms. The zero-order valence-electron chi connectivity index (χ0n) is 13.7. The van der Waals surface area contributed by atoms with Gasteiger partial charge in [0.05, 0.1) is 0 Å². The summed E-state index contributed by atoms with van der Waals surface area (Å²) < 4.78 is 0. The van der Waals surface area contributed by atoms with Gasteiger partial charge in [-0.15, -0.1) is 0 Å². The zero-order valence-corrected chi connectivity index (χ0v) is 13.7. The van der Waals surface area contributed by atoms with Gasteiger partial charge >= 0.3 is 0 Å². The molecule has 0 aromatic rings. The van der Waals surface area contributed by atoms with Crippen LogP contribution in [0.25, 0.3) is 0 Å². The molecule has 0 aliphatic heterocycles. The molecular formula is C19H26O3. The Morgan fingerprint density at radius 3 is 2.68 bits per heavy atom. The first-order valence-electron chi connectivity index (χ1n) is 8.71. The highest BCUT2D eigenvalue weighted by molar-refractivity contribution is 5.92. The number of carbonyl (C=O) groups excluding carboxylic acids is 3. The molecule has 3 nitrogen and oxygen atoms in total. The van der Waals surface area contributed by atoms with E-state index in [-0.39, 0.29) is 23.0 Å². The summed E-state index contributed by atoms with van der Waals surface area (Å²) in [5.74, 6) is 1.63. The third-order valence-corrected chi connectivity index (χ3v) is 6.47. The summed E-state index contributed by atoms with van der Waals surface area (Å²) >= 11 is 0. The predicted octanol–water partition coefficient (Wildman–Crippen LogP) is 3.66. The molecule has 0 bridgehead atoms. The molecule has 3 aliphatic carbocycles. The Morgan fingerprint density at radius 1 is 1.14 bits per heavy atom. The van der Waals surface area contributed by atoms with Crippen LogP contribution in [-0.2, 0) is 14.4 Å². The second kappa shape index (κ2) is 5.75. The van der Waals surface area contributed by atoms with Gasteiger partial charge in [-0.05, 0) is 50.0 Å². The zero-order chi connectivity index (χ0) is 15.9. The SMILES string of the molecule is C[C@H]1CCC(=O)C=C1CCC1C(=O)CC[C@]2(C)C(=O)CC[C@@H]12. The summed E-state index contributed by atoms with van der Waals surface area (Å²) in [4.78, 5) is 36.2. The maximum absolute atomic E-state index is 12.4. The maximum atomic E-state index is 12.4. The van der Waals surface area contributed by atoms with Crippen LogP contribution in [0.4, 0.5) is 0 Å². The van der Waals surface area contributed by atoms with E-state index in [1.165, 1.54) is 5.57 Å². The fraction of sp³-hybridized carbons (Fsp3) is 0.737. The van der Waals surface area contributed by atoms with Crippen LogP contribution in [0.5, 0.6) is 0 Å². The highest BCUT2D eigenvalue weighted by Crippen LogP contribution is 2.52. The molecule has 0 aromatic carbocycles. The Bertz CT molecular complexity index is 545. The maximum Gasteiger partial charge on any atom is 0.155 e. The van der Waals surface area contributed by atoms with Gasteiger partial charge in [-0.25, -0.2) is 0 Å². The highest BCUT2D eigenvalue weighted by atomic mass is 16.1. The Labute approximate surface area is 132 Å². The van der Waals surface area contributed by atoms with Crippen LogP contribution in [0.2, 0.25) is 0 Å². The van der Waals surface area contributed by atoms with E-state index in [1.54, 1.807) is 6.08 Å². The first-order valence-corrected chi connectivity index (χ1v) is 8.71.